The van der Waals surface area contributed by atoms with Crippen LogP contribution in [0, 0.1) is 17.8 Å². The van der Waals surface area contributed by atoms with Crippen molar-refractivity contribution in [3.05, 3.63) is 35.4 Å². The lowest BCUT2D eigenvalue weighted by molar-refractivity contribution is 0.0161. The van der Waals surface area contributed by atoms with E-state index in [2.05, 4.69) is 32.9 Å². The van der Waals surface area contributed by atoms with Crippen molar-refractivity contribution in [1.29, 1.82) is 0 Å². The van der Waals surface area contributed by atoms with Gasteiger partial charge < -0.3 is 4.74 Å². The molecule has 0 N–H and O–H groups in total. The summed E-state index contributed by atoms with van der Waals surface area (Å²) in [4.78, 5) is 12.6. The summed E-state index contributed by atoms with van der Waals surface area (Å²) in [5, 5.41) is 0. The van der Waals surface area contributed by atoms with Gasteiger partial charge >= 0.3 is 5.97 Å². The number of hydrogen-bond acceptors (Lipinski definition) is 2. The van der Waals surface area contributed by atoms with Crippen LogP contribution in [0.5, 0.6) is 0 Å². The number of hydrogen-bond donors (Lipinski definition) is 0. The van der Waals surface area contributed by atoms with Gasteiger partial charge in [-0.15, -0.1) is 0 Å². The Kier molecular flexibility index (Phi) is 9.27. The van der Waals surface area contributed by atoms with E-state index in [0.29, 0.717) is 5.92 Å². The van der Waals surface area contributed by atoms with Gasteiger partial charge in [-0.05, 0) is 86.3 Å². The van der Waals surface area contributed by atoms with Gasteiger partial charge in [-0.1, -0.05) is 71.4 Å². The first-order valence-corrected chi connectivity index (χ1v) is 12.9. The number of carbonyl (C=O) groups excluding carboxylic acids is 1. The van der Waals surface area contributed by atoms with Gasteiger partial charge in [0.2, 0.25) is 0 Å². The summed E-state index contributed by atoms with van der Waals surface area (Å²) in [5.74, 6) is 3.01. The highest BCUT2D eigenvalue weighted by molar-refractivity contribution is 5.89. The minimum absolute atomic E-state index is 0.119. The van der Waals surface area contributed by atoms with Gasteiger partial charge in [0.15, 0.2) is 0 Å². The van der Waals surface area contributed by atoms with Gasteiger partial charge in [0, 0.05) is 0 Å². The van der Waals surface area contributed by atoms with Crippen molar-refractivity contribution in [3.63, 3.8) is 0 Å². The Morgan fingerprint density at radius 3 is 2.20 bits per heavy atom. The molecule has 1 unspecified atom stereocenters. The minimum atomic E-state index is -0.129. The molecule has 2 saturated carbocycles. The zero-order valence-corrected chi connectivity index (χ0v) is 19.7. The fraction of sp³-hybridized carbons (Fsp3) is 0.750. The molecule has 1 aromatic rings. The summed E-state index contributed by atoms with van der Waals surface area (Å²) in [6.07, 6.45) is 16.7. The second-order valence-corrected chi connectivity index (χ2v) is 10.2. The van der Waals surface area contributed by atoms with Crippen molar-refractivity contribution in [1.82, 2.24) is 0 Å². The van der Waals surface area contributed by atoms with Crippen molar-refractivity contribution in [2.45, 2.75) is 116 Å². The smallest absolute Gasteiger partial charge is 0.338 e. The topological polar surface area (TPSA) is 26.3 Å². The molecule has 2 aliphatic carbocycles. The molecule has 0 bridgehead atoms. The van der Waals surface area contributed by atoms with Crippen molar-refractivity contribution < 1.29 is 9.53 Å². The van der Waals surface area contributed by atoms with E-state index in [1.165, 1.54) is 76.2 Å². The van der Waals surface area contributed by atoms with E-state index >= 15 is 0 Å². The second kappa shape index (κ2) is 11.9. The average Bonchev–Trinajstić information content (AvgIpc) is 2.76. The average molecular weight is 413 g/mol. The number of rotatable bonds is 9. The lowest BCUT2D eigenvalue weighted by Crippen LogP contribution is -2.24. The third-order valence-electron chi connectivity index (χ3n) is 7.83. The monoisotopic (exact) mass is 412 g/mol. The third kappa shape index (κ3) is 6.59. The standard InChI is InChI=1S/C28H44O2/c1-4-6-7-9-22-10-17-26(18-11-22)30-28(29)25-15-13-24(14-16-25)27-19-12-23(8-5-2)20-21(27)3/h13-16,21-23,26-27H,4-12,17-20H2,1-3H3/t21-,22?,23?,26?,27-/m1/s1. The van der Waals surface area contributed by atoms with E-state index in [0.717, 1.165) is 36.2 Å². The van der Waals surface area contributed by atoms with Crippen LogP contribution in [0.15, 0.2) is 24.3 Å². The van der Waals surface area contributed by atoms with Crippen LogP contribution in [0.1, 0.15) is 126 Å². The largest absolute Gasteiger partial charge is 0.459 e. The quantitative estimate of drug-likeness (QED) is 0.301. The number of unbranched alkanes of at least 4 members (excludes halogenated alkanes) is 2. The van der Waals surface area contributed by atoms with Gasteiger partial charge in [-0.25, -0.2) is 4.79 Å². The molecule has 30 heavy (non-hydrogen) atoms. The molecule has 0 aromatic heterocycles. The summed E-state index contributed by atoms with van der Waals surface area (Å²) >= 11 is 0. The number of benzene rings is 1. The maximum atomic E-state index is 12.6. The summed E-state index contributed by atoms with van der Waals surface area (Å²) < 4.78 is 5.86. The molecule has 0 aliphatic heterocycles. The highest BCUT2D eigenvalue weighted by Crippen LogP contribution is 2.41. The summed E-state index contributed by atoms with van der Waals surface area (Å²) in [5.41, 5.74) is 2.12. The van der Waals surface area contributed by atoms with Gasteiger partial charge in [0.05, 0.1) is 5.56 Å². The predicted molar refractivity (Wildman–Crippen MR) is 126 cm³/mol. The Labute approximate surface area is 185 Å². The van der Waals surface area contributed by atoms with E-state index in [1.54, 1.807) is 0 Å². The molecule has 0 amide bonds. The Bertz CT molecular complexity index is 627. The van der Waals surface area contributed by atoms with Crippen LogP contribution in [-0.4, -0.2) is 12.1 Å². The molecule has 0 heterocycles. The first-order valence-electron chi connectivity index (χ1n) is 12.9. The van der Waals surface area contributed by atoms with Crippen LogP contribution in [-0.2, 0) is 4.74 Å². The third-order valence-corrected chi connectivity index (χ3v) is 7.83. The van der Waals surface area contributed by atoms with E-state index in [-0.39, 0.29) is 12.1 Å². The van der Waals surface area contributed by atoms with Gasteiger partial charge in [-0.2, -0.15) is 0 Å². The normalized spacial score (nSPS) is 29.5. The molecular weight excluding hydrogens is 368 g/mol. The van der Waals surface area contributed by atoms with E-state index in [4.69, 9.17) is 4.74 Å². The molecular formula is C28H44O2. The van der Waals surface area contributed by atoms with Crippen LogP contribution < -0.4 is 0 Å². The predicted octanol–water partition coefficient (Wildman–Crippen LogP) is 8.30. The van der Waals surface area contributed by atoms with Crippen LogP contribution >= 0.6 is 0 Å². The van der Waals surface area contributed by atoms with Gasteiger partial charge in [-0.3, -0.25) is 0 Å². The summed E-state index contributed by atoms with van der Waals surface area (Å²) in [6, 6.07) is 8.36. The zero-order chi connectivity index (χ0) is 21.3. The van der Waals surface area contributed by atoms with Crippen LogP contribution in [0.3, 0.4) is 0 Å². The molecule has 0 saturated heterocycles. The molecule has 2 nitrogen and oxygen atoms in total. The first kappa shape index (κ1) is 23.4. The van der Waals surface area contributed by atoms with Crippen molar-refractivity contribution in [3.8, 4) is 0 Å². The SMILES string of the molecule is CCCCCC1CCC(OC(=O)c2ccc([C@@H]3CCC(CCC)C[C@H]3C)cc2)CC1. The lowest BCUT2D eigenvalue weighted by atomic mass is 9.71. The first-order chi connectivity index (χ1) is 14.6. The Hall–Kier alpha value is -1.31. The minimum Gasteiger partial charge on any atom is -0.459 e. The highest BCUT2D eigenvalue weighted by atomic mass is 16.5. The molecule has 0 spiro atoms. The Morgan fingerprint density at radius 1 is 0.867 bits per heavy atom. The fourth-order valence-corrected chi connectivity index (χ4v) is 5.98. The zero-order valence-electron chi connectivity index (χ0n) is 19.7. The molecule has 0 radical (unpaired) electrons. The van der Waals surface area contributed by atoms with Crippen LogP contribution in [0.2, 0.25) is 0 Å². The fourth-order valence-electron chi connectivity index (χ4n) is 5.98. The van der Waals surface area contributed by atoms with Crippen LogP contribution in [0.4, 0.5) is 0 Å². The maximum absolute atomic E-state index is 12.6. The molecule has 2 fully saturated rings. The number of esters is 1. The molecule has 3 rings (SSSR count). The van der Waals surface area contributed by atoms with Crippen molar-refractivity contribution >= 4 is 5.97 Å². The Morgan fingerprint density at radius 2 is 1.57 bits per heavy atom. The van der Waals surface area contributed by atoms with E-state index < -0.39 is 0 Å². The van der Waals surface area contributed by atoms with Crippen molar-refractivity contribution in [2.24, 2.45) is 17.8 Å². The number of ether oxygens (including phenoxy) is 1. The summed E-state index contributed by atoms with van der Waals surface area (Å²) in [6.45, 7) is 6.97. The van der Waals surface area contributed by atoms with Gasteiger partial charge in [0.1, 0.15) is 6.10 Å². The van der Waals surface area contributed by atoms with Crippen molar-refractivity contribution in [2.75, 3.05) is 0 Å². The van der Waals surface area contributed by atoms with Gasteiger partial charge in [0.25, 0.3) is 0 Å². The summed E-state index contributed by atoms with van der Waals surface area (Å²) in [7, 11) is 0. The molecule has 2 heteroatoms. The van der Waals surface area contributed by atoms with E-state index in [1.807, 2.05) is 12.1 Å². The molecule has 1 aromatic carbocycles. The molecule has 3 atom stereocenters. The Balaban J connectivity index is 1.45. The second-order valence-electron chi connectivity index (χ2n) is 10.2. The molecule has 2 aliphatic rings. The lowest BCUT2D eigenvalue weighted by Gasteiger charge is -2.34. The highest BCUT2D eigenvalue weighted by Gasteiger charge is 2.28. The maximum Gasteiger partial charge on any atom is 0.338 e. The number of carbonyl (C=O) groups is 1. The van der Waals surface area contributed by atoms with E-state index in [9.17, 15) is 4.79 Å². The molecule has 168 valence electrons. The van der Waals surface area contributed by atoms with Crippen LogP contribution in [0.25, 0.3) is 0 Å².